The third-order valence-corrected chi connectivity index (χ3v) is 2.83. The van der Waals surface area contributed by atoms with Crippen molar-refractivity contribution < 1.29 is 9.90 Å². The van der Waals surface area contributed by atoms with E-state index in [9.17, 15) is 4.79 Å². The fourth-order valence-electron chi connectivity index (χ4n) is 1.05. The van der Waals surface area contributed by atoms with Crippen LogP contribution in [0.15, 0.2) is 46.0 Å². The zero-order valence-electron chi connectivity index (χ0n) is 8.92. The van der Waals surface area contributed by atoms with Crippen LogP contribution in [0, 0.1) is 0 Å². The van der Waals surface area contributed by atoms with Crippen LogP contribution in [0.5, 0.6) is 0 Å². The van der Waals surface area contributed by atoms with Crippen molar-refractivity contribution in [2.45, 2.75) is 0 Å². The molecule has 0 aliphatic heterocycles. The molecule has 0 aromatic heterocycles. The van der Waals surface area contributed by atoms with Crippen molar-refractivity contribution in [2.24, 2.45) is 5.11 Å². The lowest BCUT2D eigenvalue weighted by molar-refractivity contribution is -0.131. The summed E-state index contributed by atoms with van der Waals surface area (Å²) in [5.41, 5.74) is 9.42. The van der Waals surface area contributed by atoms with Crippen LogP contribution in [0.2, 0.25) is 0 Å². The van der Waals surface area contributed by atoms with Gasteiger partial charge in [-0.1, -0.05) is 41.0 Å². The zero-order valence-corrected chi connectivity index (χ0v) is 11.3. The van der Waals surface area contributed by atoms with Gasteiger partial charge in [-0.05, 0) is 39.2 Å². The lowest BCUT2D eigenvalue weighted by atomic mass is 10.2. The van der Waals surface area contributed by atoms with E-state index < -0.39 is 5.97 Å². The van der Waals surface area contributed by atoms with Gasteiger partial charge in [-0.3, -0.25) is 0 Å². The normalized spacial score (nSPS) is 11.9. The standard InChI is InChI=1S/C11H7BrClN3O2/c12-9(11(17)18)5-6-10(13)7-1-3-8(4-2-7)15-16-14/h1-6H,(H,17,18). The van der Waals surface area contributed by atoms with E-state index in [0.717, 1.165) is 0 Å². The Bertz CT molecular complexity index is 560. The van der Waals surface area contributed by atoms with E-state index in [1.807, 2.05) is 0 Å². The minimum atomic E-state index is -1.07. The van der Waals surface area contributed by atoms with Crippen LogP contribution in [0.25, 0.3) is 15.5 Å². The number of azide groups is 1. The molecule has 0 radical (unpaired) electrons. The molecule has 0 bridgehead atoms. The van der Waals surface area contributed by atoms with Crippen LogP contribution in [0.1, 0.15) is 5.56 Å². The number of halogens is 2. The molecule has 0 saturated carbocycles. The molecule has 0 spiro atoms. The van der Waals surface area contributed by atoms with E-state index in [1.54, 1.807) is 24.3 Å². The predicted octanol–water partition coefficient (Wildman–Crippen LogP) is 4.57. The van der Waals surface area contributed by atoms with Crippen molar-refractivity contribution in [3.8, 4) is 0 Å². The van der Waals surface area contributed by atoms with E-state index in [4.69, 9.17) is 22.2 Å². The minimum absolute atomic E-state index is 0.00588. The molecular weight excluding hydrogens is 321 g/mol. The van der Waals surface area contributed by atoms with Crippen molar-refractivity contribution in [1.82, 2.24) is 0 Å². The molecule has 5 nitrogen and oxygen atoms in total. The lowest BCUT2D eigenvalue weighted by Crippen LogP contribution is -1.91. The third kappa shape index (κ3) is 4.25. The Kier molecular flexibility index (Phi) is 5.45. The molecule has 18 heavy (non-hydrogen) atoms. The maximum absolute atomic E-state index is 10.5. The zero-order chi connectivity index (χ0) is 13.5. The Morgan fingerprint density at radius 1 is 1.39 bits per heavy atom. The summed E-state index contributed by atoms with van der Waals surface area (Å²) in [4.78, 5) is 13.2. The first-order chi connectivity index (χ1) is 8.54. The van der Waals surface area contributed by atoms with Gasteiger partial charge in [0.05, 0.1) is 0 Å². The summed E-state index contributed by atoms with van der Waals surface area (Å²) in [6.07, 6.45) is 2.80. The average molecular weight is 329 g/mol. The van der Waals surface area contributed by atoms with Gasteiger partial charge >= 0.3 is 5.97 Å². The Labute approximate surface area is 116 Å². The maximum Gasteiger partial charge on any atom is 0.342 e. The molecule has 0 fully saturated rings. The minimum Gasteiger partial charge on any atom is -0.477 e. The Morgan fingerprint density at radius 2 is 2.00 bits per heavy atom. The van der Waals surface area contributed by atoms with Crippen molar-refractivity contribution in [3.63, 3.8) is 0 Å². The number of nitrogens with zero attached hydrogens (tertiary/aromatic N) is 3. The molecule has 1 N–H and O–H groups in total. The summed E-state index contributed by atoms with van der Waals surface area (Å²) in [6.45, 7) is 0. The highest BCUT2D eigenvalue weighted by molar-refractivity contribution is 9.12. The number of carbonyl (C=O) groups is 1. The monoisotopic (exact) mass is 327 g/mol. The number of rotatable bonds is 4. The van der Waals surface area contributed by atoms with Crippen molar-refractivity contribution in [3.05, 3.63) is 56.9 Å². The molecule has 0 heterocycles. The number of allylic oxidation sites excluding steroid dienone is 2. The molecule has 0 aliphatic rings. The van der Waals surface area contributed by atoms with Crippen molar-refractivity contribution in [1.29, 1.82) is 0 Å². The van der Waals surface area contributed by atoms with Gasteiger partial charge in [0.1, 0.15) is 4.48 Å². The van der Waals surface area contributed by atoms with Gasteiger partial charge in [0, 0.05) is 15.6 Å². The van der Waals surface area contributed by atoms with Crippen LogP contribution in [-0.4, -0.2) is 11.1 Å². The Morgan fingerprint density at radius 3 is 2.50 bits per heavy atom. The van der Waals surface area contributed by atoms with Gasteiger partial charge < -0.3 is 5.11 Å². The number of hydrogen-bond donors (Lipinski definition) is 1. The molecule has 1 rings (SSSR count). The highest BCUT2D eigenvalue weighted by Crippen LogP contribution is 2.22. The fraction of sp³-hybridized carbons (Fsp3) is 0. The second kappa shape index (κ2) is 6.86. The van der Waals surface area contributed by atoms with E-state index in [2.05, 4.69) is 26.0 Å². The maximum atomic E-state index is 10.5. The number of aliphatic carboxylic acids is 1. The number of carboxylic acid groups (broad SMARTS) is 1. The average Bonchev–Trinajstić information content (AvgIpc) is 2.36. The first-order valence-corrected chi connectivity index (χ1v) is 5.83. The van der Waals surface area contributed by atoms with Gasteiger partial charge in [0.2, 0.25) is 0 Å². The summed E-state index contributed by atoms with van der Waals surface area (Å²) < 4.78 is 0.00588. The van der Waals surface area contributed by atoms with Crippen molar-refractivity contribution in [2.75, 3.05) is 0 Å². The topological polar surface area (TPSA) is 86.1 Å². The number of benzene rings is 1. The SMILES string of the molecule is [N-]=[N+]=Nc1ccc(C(Cl)=CC=C(Br)C(=O)O)cc1. The number of hydrogen-bond acceptors (Lipinski definition) is 2. The molecule has 1 aromatic carbocycles. The van der Waals surface area contributed by atoms with Crippen LogP contribution in [-0.2, 0) is 4.79 Å². The molecule has 0 atom stereocenters. The number of carboxylic acids is 1. The van der Waals surface area contributed by atoms with Gasteiger partial charge in [0.25, 0.3) is 0 Å². The van der Waals surface area contributed by atoms with Gasteiger partial charge in [-0.2, -0.15) is 0 Å². The van der Waals surface area contributed by atoms with Crippen LogP contribution < -0.4 is 0 Å². The van der Waals surface area contributed by atoms with Crippen LogP contribution >= 0.6 is 27.5 Å². The molecule has 0 saturated heterocycles. The molecule has 92 valence electrons. The molecular formula is C11H7BrClN3O2. The highest BCUT2D eigenvalue weighted by atomic mass is 79.9. The summed E-state index contributed by atoms with van der Waals surface area (Å²) >= 11 is 8.86. The molecule has 0 unspecified atom stereocenters. The summed E-state index contributed by atoms with van der Waals surface area (Å²) in [7, 11) is 0. The highest BCUT2D eigenvalue weighted by Gasteiger charge is 2.01. The second-order valence-corrected chi connectivity index (χ2v) is 4.33. The summed E-state index contributed by atoms with van der Waals surface area (Å²) in [6, 6.07) is 6.57. The van der Waals surface area contributed by atoms with Gasteiger partial charge in [0.15, 0.2) is 0 Å². The van der Waals surface area contributed by atoms with Crippen molar-refractivity contribution >= 4 is 44.2 Å². The van der Waals surface area contributed by atoms with Crippen LogP contribution in [0.4, 0.5) is 5.69 Å². The van der Waals surface area contributed by atoms with E-state index in [-0.39, 0.29) is 4.48 Å². The summed E-state index contributed by atoms with van der Waals surface area (Å²) in [5.74, 6) is -1.07. The van der Waals surface area contributed by atoms with Gasteiger partial charge in [-0.15, -0.1) is 0 Å². The quantitative estimate of drug-likeness (QED) is 0.288. The fourth-order valence-corrected chi connectivity index (χ4v) is 1.37. The molecule has 7 heteroatoms. The Balaban J connectivity index is 2.93. The Hall–Kier alpha value is -1.75. The smallest absolute Gasteiger partial charge is 0.342 e. The van der Waals surface area contributed by atoms with Gasteiger partial charge in [-0.25, -0.2) is 4.79 Å². The first kappa shape index (κ1) is 14.3. The molecule has 0 aliphatic carbocycles. The van der Waals surface area contributed by atoms with E-state index in [1.165, 1.54) is 12.2 Å². The largest absolute Gasteiger partial charge is 0.477 e. The molecule has 0 amide bonds. The second-order valence-electron chi connectivity index (χ2n) is 3.07. The van der Waals surface area contributed by atoms with E-state index >= 15 is 0 Å². The van der Waals surface area contributed by atoms with E-state index in [0.29, 0.717) is 16.3 Å². The molecule has 1 aromatic rings. The van der Waals surface area contributed by atoms with Crippen LogP contribution in [0.3, 0.4) is 0 Å². The third-order valence-electron chi connectivity index (χ3n) is 1.88. The summed E-state index contributed by atoms with van der Waals surface area (Å²) in [5, 5.41) is 12.4. The predicted molar refractivity (Wildman–Crippen MR) is 73.7 cm³/mol. The lowest BCUT2D eigenvalue weighted by Gasteiger charge is -1.98. The first-order valence-electron chi connectivity index (χ1n) is 4.66.